The molecule has 2 unspecified atom stereocenters. The van der Waals surface area contributed by atoms with E-state index in [2.05, 4.69) is 11.4 Å². The topological polar surface area (TPSA) is 139 Å². The Bertz CT molecular complexity index is 1770. The standard InChI is InChI=1S/C32H29N3O7S/c1-21-18-35(19-22(2)41-21)43(38,39)26-15-9-14-25(16-26)32(37)40-20-28(36)34-31-27(17-33)29(23-10-5-3-6-11-23)30(42-31)24-12-7-4-8-13-24/h3-16,21-22H,18-20H2,1-2H3,(H,34,36). The van der Waals surface area contributed by atoms with Gasteiger partial charge in [-0.25, -0.2) is 13.2 Å². The van der Waals surface area contributed by atoms with Crippen LogP contribution >= 0.6 is 0 Å². The van der Waals surface area contributed by atoms with Crippen LogP contribution in [0.3, 0.4) is 0 Å². The van der Waals surface area contributed by atoms with Crippen LogP contribution in [0.4, 0.5) is 5.88 Å². The average Bonchev–Trinajstić information content (AvgIpc) is 3.38. The minimum Gasteiger partial charge on any atom is -0.452 e. The van der Waals surface area contributed by atoms with Gasteiger partial charge in [0.05, 0.1) is 22.7 Å². The minimum absolute atomic E-state index is 0.0309. The number of nitriles is 1. The van der Waals surface area contributed by atoms with Crippen molar-refractivity contribution < 1.29 is 31.9 Å². The van der Waals surface area contributed by atoms with Crippen LogP contribution in [0.5, 0.6) is 0 Å². The first-order chi connectivity index (χ1) is 20.7. The molecule has 2 heterocycles. The first-order valence-electron chi connectivity index (χ1n) is 13.6. The molecule has 2 atom stereocenters. The van der Waals surface area contributed by atoms with Gasteiger partial charge in [0.2, 0.25) is 15.9 Å². The minimum atomic E-state index is -3.89. The summed E-state index contributed by atoms with van der Waals surface area (Å²) in [5.41, 5.74) is 2.04. The molecule has 1 aliphatic rings. The van der Waals surface area contributed by atoms with Crippen molar-refractivity contribution in [1.29, 1.82) is 5.26 Å². The van der Waals surface area contributed by atoms with Gasteiger partial charge in [-0.15, -0.1) is 0 Å². The second-order valence-corrected chi connectivity index (χ2v) is 12.0. The van der Waals surface area contributed by atoms with Gasteiger partial charge < -0.3 is 13.9 Å². The lowest BCUT2D eigenvalue weighted by atomic mass is 9.98. The summed E-state index contributed by atoms with van der Waals surface area (Å²) >= 11 is 0. The molecule has 1 N–H and O–H groups in total. The fourth-order valence-electron chi connectivity index (χ4n) is 4.94. The number of ether oxygens (including phenoxy) is 2. The Kier molecular flexibility index (Phi) is 8.73. The van der Waals surface area contributed by atoms with Gasteiger partial charge in [-0.2, -0.15) is 9.57 Å². The van der Waals surface area contributed by atoms with E-state index in [9.17, 15) is 23.3 Å². The van der Waals surface area contributed by atoms with Crippen LogP contribution in [0.2, 0.25) is 0 Å². The van der Waals surface area contributed by atoms with Crippen LogP contribution in [-0.2, 0) is 24.3 Å². The largest absolute Gasteiger partial charge is 0.452 e. The van der Waals surface area contributed by atoms with Gasteiger partial charge in [-0.05, 0) is 37.6 Å². The molecule has 220 valence electrons. The van der Waals surface area contributed by atoms with E-state index in [0.717, 1.165) is 5.56 Å². The number of rotatable bonds is 8. The summed E-state index contributed by atoms with van der Waals surface area (Å²) in [6.45, 7) is 3.28. The molecule has 1 aliphatic heterocycles. The quantitative estimate of drug-likeness (QED) is 0.277. The lowest BCUT2D eigenvalue weighted by Gasteiger charge is -2.34. The maximum atomic E-state index is 13.2. The van der Waals surface area contributed by atoms with Gasteiger partial charge in [-0.3, -0.25) is 10.1 Å². The van der Waals surface area contributed by atoms with Crippen molar-refractivity contribution in [2.45, 2.75) is 31.0 Å². The summed E-state index contributed by atoms with van der Waals surface area (Å²) in [6, 6.07) is 25.9. The Morgan fingerprint density at radius 1 is 0.953 bits per heavy atom. The zero-order valence-corrected chi connectivity index (χ0v) is 24.3. The monoisotopic (exact) mass is 599 g/mol. The Balaban J connectivity index is 1.32. The highest BCUT2D eigenvalue weighted by Crippen LogP contribution is 2.41. The van der Waals surface area contributed by atoms with Gasteiger partial charge in [0, 0.05) is 24.2 Å². The lowest BCUT2D eigenvalue weighted by Crippen LogP contribution is -2.48. The molecule has 1 saturated heterocycles. The number of furan rings is 1. The predicted octanol–water partition coefficient (Wildman–Crippen LogP) is 5.08. The summed E-state index contributed by atoms with van der Waals surface area (Å²) in [5.74, 6) is -1.30. The predicted molar refractivity (Wildman–Crippen MR) is 158 cm³/mol. The first kappa shape index (κ1) is 29.7. The van der Waals surface area contributed by atoms with Crippen molar-refractivity contribution in [3.63, 3.8) is 0 Å². The van der Waals surface area contributed by atoms with Crippen molar-refractivity contribution in [1.82, 2.24) is 4.31 Å². The van der Waals surface area contributed by atoms with Crippen molar-refractivity contribution in [2.75, 3.05) is 25.0 Å². The molecule has 11 heteroatoms. The van der Waals surface area contributed by atoms with Crippen LogP contribution in [0.1, 0.15) is 29.8 Å². The zero-order valence-electron chi connectivity index (χ0n) is 23.5. The second-order valence-electron chi connectivity index (χ2n) is 10.1. The Morgan fingerprint density at radius 3 is 2.21 bits per heavy atom. The first-order valence-corrected chi connectivity index (χ1v) is 15.0. The fraction of sp³-hybridized carbons (Fsp3) is 0.219. The number of carbonyl (C=O) groups is 2. The van der Waals surface area contributed by atoms with Crippen molar-refractivity contribution >= 4 is 27.8 Å². The number of sulfonamides is 1. The second kappa shape index (κ2) is 12.6. The summed E-state index contributed by atoms with van der Waals surface area (Å²) in [4.78, 5) is 25.6. The number of benzene rings is 3. The van der Waals surface area contributed by atoms with Crippen molar-refractivity contribution in [3.8, 4) is 28.5 Å². The average molecular weight is 600 g/mol. The van der Waals surface area contributed by atoms with E-state index in [1.165, 1.54) is 28.6 Å². The maximum Gasteiger partial charge on any atom is 0.338 e. The molecule has 0 bridgehead atoms. The number of hydrogen-bond donors (Lipinski definition) is 1. The number of morpholine rings is 1. The Hall–Kier alpha value is -4.76. The van der Waals surface area contributed by atoms with Gasteiger partial charge in [-0.1, -0.05) is 66.7 Å². The summed E-state index contributed by atoms with van der Waals surface area (Å²) in [5, 5.41) is 12.5. The van der Waals surface area contributed by atoms with Gasteiger partial charge in [0.25, 0.3) is 5.91 Å². The van der Waals surface area contributed by atoms with E-state index in [1.54, 1.807) is 13.8 Å². The molecular weight excluding hydrogens is 570 g/mol. The van der Waals surface area contributed by atoms with Gasteiger partial charge in [0.1, 0.15) is 17.4 Å². The van der Waals surface area contributed by atoms with E-state index in [4.69, 9.17) is 13.9 Å². The zero-order chi connectivity index (χ0) is 30.6. The van der Waals surface area contributed by atoms with Crippen LogP contribution in [0.25, 0.3) is 22.5 Å². The molecule has 1 aromatic heterocycles. The molecule has 0 spiro atoms. The SMILES string of the molecule is CC1CN(S(=O)(=O)c2cccc(C(=O)OCC(=O)Nc3oc(-c4ccccc4)c(-c4ccccc4)c3C#N)c2)CC(C)O1. The molecule has 4 aromatic rings. The number of esters is 1. The van der Waals surface area contributed by atoms with Gasteiger partial charge in [0.15, 0.2) is 6.61 Å². The highest BCUT2D eigenvalue weighted by atomic mass is 32.2. The number of nitrogens with zero attached hydrogens (tertiary/aromatic N) is 2. The number of hydrogen-bond acceptors (Lipinski definition) is 8. The van der Waals surface area contributed by atoms with E-state index in [1.807, 2.05) is 60.7 Å². The summed E-state index contributed by atoms with van der Waals surface area (Å²) < 4.78 is 44.6. The van der Waals surface area contributed by atoms with E-state index < -0.39 is 28.5 Å². The van der Waals surface area contributed by atoms with Gasteiger partial charge >= 0.3 is 5.97 Å². The number of carbonyl (C=O) groups excluding carboxylic acids is 2. The lowest BCUT2D eigenvalue weighted by molar-refractivity contribution is -0.119. The number of amides is 1. The van der Waals surface area contributed by atoms with E-state index >= 15 is 0 Å². The van der Waals surface area contributed by atoms with E-state index in [0.29, 0.717) is 16.9 Å². The molecule has 10 nitrogen and oxygen atoms in total. The summed E-state index contributed by atoms with van der Waals surface area (Å²) in [7, 11) is -3.89. The third-order valence-electron chi connectivity index (χ3n) is 6.80. The third kappa shape index (κ3) is 6.52. The van der Waals surface area contributed by atoms with E-state index in [-0.39, 0.29) is 47.2 Å². The molecule has 43 heavy (non-hydrogen) atoms. The molecule has 1 fully saturated rings. The third-order valence-corrected chi connectivity index (χ3v) is 8.63. The van der Waals surface area contributed by atoms with Crippen LogP contribution in [0, 0.1) is 11.3 Å². The smallest absolute Gasteiger partial charge is 0.338 e. The van der Waals surface area contributed by atoms with Crippen LogP contribution < -0.4 is 5.32 Å². The highest BCUT2D eigenvalue weighted by Gasteiger charge is 2.32. The highest BCUT2D eigenvalue weighted by molar-refractivity contribution is 7.89. The molecule has 0 saturated carbocycles. The van der Waals surface area contributed by atoms with Crippen molar-refractivity contribution in [2.24, 2.45) is 0 Å². The fourth-order valence-corrected chi connectivity index (χ4v) is 6.57. The summed E-state index contributed by atoms with van der Waals surface area (Å²) in [6.07, 6.45) is -0.540. The number of nitrogens with one attached hydrogen (secondary N) is 1. The molecule has 1 amide bonds. The molecule has 0 aliphatic carbocycles. The van der Waals surface area contributed by atoms with Crippen LogP contribution in [-0.4, -0.2) is 56.5 Å². The Labute approximate surface area is 249 Å². The molecular formula is C32H29N3O7S. The van der Waals surface area contributed by atoms with Crippen molar-refractivity contribution in [3.05, 3.63) is 96.1 Å². The van der Waals surface area contributed by atoms with Crippen LogP contribution in [0.15, 0.2) is 94.2 Å². The molecule has 3 aromatic carbocycles. The maximum absolute atomic E-state index is 13.2. The molecule has 5 rings (SSSR count). The Morgan fingerprint density at radius 2 is 1.58 bits per heavy atom. The normalized spacial score (nSPS) is 17.1. The molecule has 0 radical (unpaired) electrons. The number of anilines is 1.